The van der Waals surface area contributed by atoms with Gasteiger partial charge in [-0.25, -0.2) is 0 Å². The molecule has 0 saturated carbocycles. The second-order valence-corrected chi connectivity index (χ2v) is 5.48. The van der Waals surface area contributed by atoms with E-state index in [1.54, 1.807) is 12.1 Å². The largest absolute Gasteiger partial charge is 0.508 e. The molecule has 22 heavy (non-hydrogen) atoms. The Labute approximate surface area is 129 Å². The molecule has 0 saturated heterocycles. The first kappa shape index (κ1) is 16.1. The number of aromatic hydroxyl groups is 3. The molecule has 0 aromatic heterocycles. The van der Waals surface area contributed by atoms with Crippen LogP contribution in [-0.2, 0) is 6.42 Å². The molecule has 5 heteroatoms. The Balaban J connectivity index is 1.87. The monoisotopic (exact) mass is 303 g/mol. The Kier molecular flexibility index (Phi) is 5.25. The minimum atomic E-state index is -0.819. The predicted molar refractivity (Wildman–Crippen MR) is 84.0 cm³/mol. The van der Waals surface area contributed by atoms with Crippen molar-refractivity contribution >= 4 is 0 Å². The zero-order valence-electron chi connectivity index (χ0n) is 12.4. The summed E-state index contributed by atoms with van der Waals surface area (Å²) in [5.41, 5.74) is 1.55. The minimum absolute atomic E-state index is 0.0776. The summed E-state index contributed by atoms with van der Waals surface area (Å²) in [6.45, 7) is 2.31. The first-order valence-corrected chi connectivity index (χ1v) is 7.16. The highest BCUT2D eigenvalue weighted by atomic mass is 16.3. The van der Waals surface area contributed by atoms with Crippen LogP contribution in [0.4, 0.5) is 0 Å². The number of nitrogens with one attached hydrogen (secondary N) is 1. The van der Waals surface area contributed by atoms with Gasteiger partial charge in [0, 0.05) is 18.7 Å². The number of benzene rings is 2. The van der Waals surface area contributed by atoms with Crippen LogP contribution in [0, 0.1) is 0 Å². The van der Waals surface area contributed by atoms with Gasteiger partial charge in [0.1, 0.15) is 17.2 Å². The maximum Gasteiger partial charge on any atom is 0.119 e. The van der Waals surface area contributed by atoms with Gasteiger partial charge in [-0.15, -0.1) is 0 Å². The van der Waals surface area contributed by atoms with E-state index in [4.69, 9.17) is 0 Å². The molecule has 0 heterocycles. The van der Waals surface area contributed by atoms with Crippen molar-refractivity contribution in [2.24, 2.45) is 0 Å². The lowest BCUT2D eigenvalue weighted by Crippen LogP contribution is -2.32. The summed E-state index contributed by atoms with van der Waals surface area (Å²) in [6, 6.07) is 11.2. The number of phenols is 3. The van der Waals surface area contributed by atoms with Crippen molar-refractivity contribution in [3.63, 3.8) is 0 Å². The van der Waals surface area contributed by atoms with Crippen LogP contribution in [0.3, 0.4) is 0 Å². The zero-order valence-corrected chi connectivity index (χ0v) is 12.4. The van der Waals surface area contributed by atoms with E-state index in [1.165, 1.54) is 18.2 Å². The topological polar surface area (TPSA) is 93.0 Å². The molecule has 0 amide bonds. The van der Waals surface area contributed by atoms with Crippen molar-refractivity contribution in [3.8, 4) is 17.2 Å². The highest BCUT2D eigenvalue weighted by Crippen LogP contribution is 2.24. The van der Waals surface area contributed by atoms with Gasteiger partial charge < -0.3 is 25.7 Å². The molecule has 2 rings (SSSR count). The van der Waals surface area contributed by atoms with E-state index in [0.29, 0.717) is 12.1 Å². The third-order valence-corrected chi connectivity index (χ3v) is 3.45. The van der Waals surface area contributed by atoms with E-state index in [1.807, 2.05) is 19.1 Å². The average molecular weight is 303 g/mol. The molecule has 1 unspecified atom stereocenters. The SMILES string of the molecule is C[C@@H](Cc1ccc(O)cc1)NCC(O)c1cc(O)cc(O)c1. The molecule has 2 atom stereocenters. The van der Waals surface area contributed by atoms with E-state index in [9.17, 15) is 20.4 Å². The lowest BCUT2D eigenvalue weighted by atomic mass is 10.1. The molecule has 0 fully saturated rings. The van der Waals surface area contributed by atoms with Gasteiger partial charge in [-0.1, -0.05) is 12.1 Å². The fourth-order valence-electron chi connectivity index (χ4n) is 2.30. The van der Waals surface area contributed by atoms with Crippen molar-refractivity contribution in [2.75, 3.05) is 6.54 Å². The molecule has 5 N–H and O–H groups in total. The van der Waals surface area contributed by atoms with Crippen LogP contribution in [0.1, 0.15) is 24.2 Å². The van der Waals surface area contributed by atoms with Gasteiger partial charge in [0.05, 0.1) is 6.10 Å². The molecule has 2 aromatic carbocycles. The normalized spacial score (nSPS) is 13.7. The van der Waals surface area contributed by atoms with E-state index < -0.39 is 6.10 Å². The predicted octanol–water partition coefficient (Wildman–Crippen LogP) is 2.06. The second-order valence-electron chi connectivity index (χ2n) is 5.48. The maximum atomic E-state index is 10.1. The molecule has 0 bridgehead atoms. The van der Waals surface area contributed by atoms with Gasteiger partial charge in [-0.3, -0.25) is 0 Å². The third-order valence-electron chi connectivity index (χ3n) is 3.45. The second kappa shape index (κ2) is 7.15. The summed E-state index contributed by atoms with van der Waals surface area (Å²) < 4.78 is 0. The quantitative estimate of drug-likeness (QED) is 0.563. The van der Waals surface area contributed by atoms with E-state index in [-0.39, 0.29) is 23.3 Å². The van der Waals surface area contributed by atoms with E-state index in [0.717, 1.165) is 12.0 Å². The highest BCUT2D eigenvalue weighted by molar-refractivity contribution is 5.37. The Bertz CT molecular complexity index is 592. The fraction of sp³-hybridized carbons (Fsp3) is 0.294. The van der Waals surface area contributed by atoms with Crippen molar-refractivity contribution in [1.29, 1.82) is 0 Å². The van der Waals surface area contributed by atoms with Gasteiger partial charge >= 0.3 is 0 Å². The zero-order chi connectivity index (χ0) is 16.1. The molecule has 0 aliphatic heterocycles. The summed E-state index contributed by atoms with van der Waals surface area (Å²) in [6.07, 6.45) is -0.0570. The van der Waals surface area contributed by atoms with Crippen molar-refractivity contribution in [2.45, 2.75) is 25.5 Å². The van der Waals surface area contributed by atoms with Crippen LogP contribution in [0.2, 0.25) is 0 Å². The third kappa shape index (κ3) is 4.65. The summed E-state index contributed by atoms with van der Waals surface area (Å²) in [4.78, 5) is 0. The molecular weight excluding hydrogens is 282 g/mol. The Morgan fingerprint density at radius 2 is 1.50 bits per heavy atom. The van der Waals surface area contributed by atoms with E-state index in [2.05, 4.69) is 5.32 Å². The first-order valence-electron chi connectivity index (χ1n) is 7.16. The molecule has 5 nitrogen and oxygen atoms in total. The van der Waals surface area contributed by atoms with Crippen LogP contribution in [-0.4, -0.2) is 33.0 Å². The molecule has 0 spiro atoms. The van der Waals surface area contributed by atoms with Gasteiger partial charge in [-0.2, -0.15) is 0 Å². The maximum absolute atomic E-state index is 10.1. The summed E-state index contributed by atoms with van der Waals surface area (Å²) in [5.74, 6) is 0.0841. The van der Waals surface area contributed by atoms with Crippen molar-refractivity contribution in [3.05, 3.63) is 53.6 Å². The smallest absolute Gasteiger partial charge is 0.119 e. The summed E-state index contributed by atoms with van der Waals surface area (Å²) in [7, 11) is 0. The number of phenolic OH excluding ortho intramolecular Hbond substituents is 3. The minimum Gasteiger partial charge on any atom is -0.508 e. The lowest BCUT2D eigenvalue weighted by Gasteiger charge is -2.18. The Morgan fingerprint density at radius 3 is 2.09 bits per heavy atom. The number of aliphatic hydroxyl groups is 1. The van der Waals surface area contributed by atoms with Gasteiger partial charge in [0.15, 0.2) is 0 Å². The van der Waals surface area contributed by atoms with Gasteiger partial charge in [0.25, 0.3) is 0 Å². The molecule has 118 valence electrons. The number of hydrogen-bond acceptors (Lipinski definition) is 5. The molecular formula is C17H21NO4. The number of rotatable bonds is 6. The Hall–Kier alpha value is -2.24. The molecule has 0 aliphatic rings. The van der Waals surface area contributed by atoms with Gasteiger partial charge in [0.2, 0.25) is 0 Å². The van der Waals surface area contributed by atoms with Crippen molar-refractivity contribution < 1.29 is 20.4 Å². The van der Waals surface area contributed by atoms with E-state index >= 15 is 0 Å². The first-order chi connectivity index (χ1) is 10.4. The molecule has 0 radical (unpaired) electrons. The van der Waals surface area contributed by atoms with Gasteiger partial charge in [-0.05, 0) is 48.7 Å². The lowest BCUT2D eigenvalue weighted by molar-refractivity contribution is 0.170. The van der Waals surface area contributed by atoms with Crippen LogP contribution < -0.4 is 5.32 Å². The highest BCUT2D eigenvalue weighted by Gasteiger charge is 2.12. The Morgan fingerprint density at radius 1 is 0.909 bits per heavy atom. The van der Waals surface area contributed by atoms with Crippen LogP contribution in [0.5, 0.6) is 17.2 Å². The fourth-order valence-corrected chi connectivity index (χ4v) is 2.30. The van der Waals surface area contributed by atoms with Crippen LogP contribution >= 0.6 is 0 Å². The molecule has 2 aromatic rings. The summed E-state index contributed by atoms with van der Waals surface area (Å²) in [5, 5.41) is 41.4. The summed E-state index contributed by atoms with van der Waals surface area (Å²) >= 11 is 0. The standard InChI is InChI=1S/C17H21NO4/c1-11(6-12-2-4-14(19)5-3-12)18-10-17(22)13-7-15(20)9-16(21)8-13/h2-5,7-9,11,17-22H,6,10H2,1H3/t11-,17?/m0/s1. The number of aliphatic hydroxyl groups excluding tert-OH is 1. The van der Waals surface area contributed by atoms with Crippen molar-refractivity contribution in [1.82, 2.24) is 5.32 Å². The number of hydrogen-bond donors (Lipinski definition) is 5. The molecule has 0 aliphatic carbocycles. The average Bonchev–Trinajstić information content (AvgIpc) is 2.46. The van der Waals surface area contributed by atoms with Crippen LogP contribution in [0.25, 0.3) is 0 Å². The van der Waals surface area contributed by atoms with Crippen LogP contribution in [0.15, 0.2) is 42.5 Å².